The van der Waals surface area contributed by atoms with E-state index in [0.29, 0.717) is 109 Å². The predicted octanol–water partition coefficient (Wildman–Crippen LogP) is 10.7. The number of esters is 6. The second-order valence-corrected chi connectivity index (χ2v) is 30.9. The molecule has 548 valence electrons. The van der Waals surface area contributed by atoms with Crippen LogP contribution in [-0.2, 0) is 85.6 Å². The monoisotopic (exact) mass is 1370 g/mol. The van der Waals surface area contributed by atoms with Crippen molar-refractivity contribution in [2.45, 2.75) is 263 Å². The molecule has 3 spiro atoms. The molecule has 13 aliphatic rings. The SMILES string of the molecule is C=C(C)C(=O)OC1C2CC(C1O)C1(COC1)C2.C=C(C)C(=O)OC1CC(C)C2(COC2)CC1O.C=C(C)C(=O)OC1CCC2(COC2)CC1O.C=C(C)C(=O)OC1CCCCC1.C=C(C)C(=O)OCC1CCCCC1.COC(=O)C1CCC2OC2C1.COCC1CCC2OC2(C)C1. The van der Waals surface area contributed by atoms with Gasteiger partial charge in [0.1, 0.15) is 24.4 Å². The standard InChI is InChI=1S/C13H18O4.C13H20O4.C12H18O4.C11H18O2.C10H16O2.C9H16O2.C8H12O3/c1-7(2)12(15)17-11-8-3-9(10(11)14)13(4-8)5-16-6-13;1-8(2)12(15)17-11-4-9(3)13(5-10(11)14)6-16-7-13;1-8(2)11(14)16-10-3-4-12(5-9(10)13)6-15-7-12;1-9(2)11(12)13-8-10-6-4-3-5-7-10;1-8(2)10(11)12-9-6-4-3-5-7-9;1-9-5-7(6-10-2)3-4-8(9)11-9;1-10-8(9)5-2-3-6-7(4-5)11-6/h8-11,14H,1,3-6H2,2H3;9-11,14H,1,4-7H2,2-3H3;9-10,13H,1,3-7H2,2H3;10H,1,3-8H2,2H3;9H,1,3-7H2,2H3;7-8H,3-6H2,1-2H3;5-7H,2-4H2,1H3. The molecule has 5 saturated heterocycles. The van der Waals surface area contributed by atoms with E-state index in [1.165, 1.54) is 77.7 Å². The molecule has 15 atom stereocenters. The van der Waals surface area contributed by atoms with Crippen LogP contribution in [0.15, 0.2) is 60.8 Å². The van der Waals surface area contributed by atoms with Gasteiger partial charge in [-0.15, -0.1) is 0 Å². The first kappa shape index (κ1) is 79.5. The summed E-state index contributed by atoms with van der Waals surface area (Å²) < 4.78 is 62.5. The van der Waals surface area contributed by atoms with Crippen LogP contribution in [0.3, 0.4) is 0 Å². The van der Waals surface area contributed by atoms with Crippen LogP contribution < -0.4 is 0 Å². The number of carbonyl (C=O) groups excluding carboxylic acids is 6. The number of aliphatic hydroxyl groups is 3. The molecule has 13 fully saturated rings. The summed E-state index contributed by atoms with van der Waals surface area (Å²) >= 11 is 0. The molecule has 21 nitrogen and oxygen atoms in total. The first-order valence-corrected chi connectivity index (χ1v) is 35.9. The highest BCUT2D eigenvalue weighted by Crippen LogP contribution is 2.60. The fourth-order valence-electron chi connectivity index (χ4n) is 15.8. The third-order valence-electron chi connectivity index (χ3n) is 22.3. The van der Waals surface area contributed by atoms with Gasteiger partial charge in [-0.3, -0.25) is 4.79 Å². The fourth-order valence-corrected chi connectivity index (χ4v) is 15.8. The van der Waals surface area contributed by atoms with Crippen molar-refractivity contribution in [2.24, 2.45) is 51.8 Å². The largest absolute Gasteiger partial charge is 0.469 e. The van der Waals surface area contributed by atoms with E-state index >= 15 is 0 Å². The molecule has 5 aliphatic heterocycles. The highest BCUT2D eigenvalue weighted by molar-refractivity contribution is 5.88. The van der Waals surface area contributed by atoms with Gasteiger partial charge in [0.25, 0.3) is 0 Å². The molecule has 3 N–H and O–H groups in total. The van der Waals surface area contributed by atoms with Crippen LogP contribution >= 0.6 is 0 Å². The Hall–Kier alpha value is -4.84. The summed E-state index contributed by atoms with van der Waals surface area (Å²) in [6, 6.07) is 0. The molecule has 97 heavy (non-hydrogen) atoms. The van der Waals surface area contributed by atoms with E-state index in [0.717, 1.165) is 90.3 Å². The van der Waals surface area contributed by atoms with Gasteiger partial charge in [0.15, 0.2) is 0 Å². The molecule has 0 aromatic heterocycles. The summed E-state index contributed by atoms with van der Waals surface area (Å²) in [4.78, 5) is 67.5. The molecule has 0 amide bonds. The average molecular weight is 1370 g/mol. The van der Waals surface area contributed by atoms with E-state index in [1.54, 1.807) is 41.7 Å². The first-order chi connectivity index (χ1) is 46.0. The first-order valence-electron chi connectivity index (χ1n) is 35.9. The Bertz CT molecular complexity index is 2700. The van der Waals surface area contributed by atoms with Crippen molar-refractivity contribution < 1.29 is 101 Å². The van der Waals surface area contributed by atoms with Crippen LogP contribution in [0.25, 0.3) is 0 Å². The molecule has 0 aromatic carbocycles. The van der Waals surface area contributed by atoms with Crippen LogP contribution in [-0.4, -0.2) is 185 Å². The molecular formula is C76H118O21. The van der Waals surface area contributed by atoms with Crippen molar-refractivity contribution in [2.75, 3.05) is 67.1 Å². The predicted molar refractivity (Wildman–Crippen MR) is 361 cm³/mol. The van der Waals surface area contributed by atoms with Crippen molar-refractivity contribution in [1.82, 2.24) is 0 Å². The van der Waals surface area contributed by atoms with E-state index in [2.05, 4.69) is 51.5 Å². The fraction of sp³-hybridized carbons (Fsp3) is 0.789. The minimum Gasteiger partial charge on any atom is -0.469 e. The van der Waals surface area contributed by atoms with Crippen LogP contribution in [0.4, 0.5) is 0 Å². The number of carbonyl (C=O) groups is 6. The van der Waals surface area contributed by atoms with E-state index < -0.39 is 36.4 Å². The maximum atomic E-state index is 11.5. The second kappa shape index (κ2) is 36.2. The average Bonchev–Trinajstić information content (AvgIpc) is 1.54. The van der Waals surface area contributed by atoms with Gasteiger partial charge in [0, 0.05) is 57.8 Å². The third-order valence-corrected chi connectivity index (χ3v) is 22.3. The van der Waals surface area contributed by atoms with Gasteiger partial charge in [-0.1, -0.05) is 65.5 Å². The van der Waals surface area contributed by atoms with Gasteiger partial charge in [0.2, 0.25) is 0 Å². The van der Waals surface area contributed by atoms with Crippen LogP contribution in [0.2, 0.25) is 0 Å². The Morgan fingerprint density at radius 2 is 1.06 bits per heavy atom. The zero-order valence-corrected chi connectivity index (χ0v) is 59.9. The molecule has 8 aliphatic carbocycles. The number of methoxy groups -OCH3 is 2. The lowest BCUT2D eigenvalue weighted by molar-refractivity contribution is -0.205. The Labute approximate surface area is 576 Å². The number of epoxide rings is 2. The van der Waals surface area contributed by atoms with Gasteiger partial charge < -0.3 is 72.2 Å². The number of hydrogen-bond acceptors (Lipinski definition) is 21. The Balaban J connectivity index is 0.000000161. The van der Waals surface area contributed by atoms with Gasteiger partial charge in [-0.25, -0.2) is 24.0 Å². The summed E-state index contributed by atoms with van der Waals surface area (Å²) in [7, 11) is 3.23. The lowest BCUT2D eigenvalue weighted by atomic mass is 9.64. The third kappa shape index (κ3) is 22.3. The smallest absolute Gasteiger partial charge is 0.333 e. The zero-order chi connectivity index (χ0) is 71.0. The van der Waals surface area contributed by atoms with Gasteiger partial charge in [-0.2, -0.15) is 0 Å². The molecule has 8 saturated carbocycles. The summed E-state index contributed by atoms with van der Waals surface area (Å²) in [5, 5.41) is 30.2. The maximum Gasteiger partial charge on any atom is 0.333 e. The molecule has 2 bridgehead atoms. The van der Waals surface area contributed by atoms with E-state index in [1.807, 2.05) is 0 Å². The minimum atomic E-state index is -0.585. The van der Waals surface area contributed by atoms with Gasteiger partial charge >= 0.3 is 35.8 Å². The quantitative estimate of drug-likeness (QED) is 0.0631. The second-order valence-electron chi connectivity index (χ2n) is 30.9. The molecule has 0 aromatic rings. The summed E-state index contributed by atoms with van der Waals surface area (Å²) in [5.41, 5.74) is 2.80. The van der Waals surface area contributed by atoms with E-state index in [9.17, 15) is 44.1 Å². The van der Waals surface area contributed by atoms with Crippen molar-refractivity contribution in [3.63, 3.8) is 0 Å². The molecule has 0 radical (unpaired) electrons. The molecule has 21 heteroatoms. The van der Waals surface area contributed by atoms with Crippen molar-refractivity contribution in [1.29, 1.82) is 0 Å². The molecule has 13 rings (SSSR count). The highest BCUT2D eigenvalue weighted by atomic mass is 16.6. The minimum absolute atomic E-state index is 0.0704. The van der Waals surface area contributed by atoms with E-state index in [4.69, 9.17) is 52.1 Å². The summed E-state index contributed by atoms with van der Waals surface area (Å²) in [6.07, 6.45) is 23.0. The lowest BCUT2D eigenvalue weighted by Gasteiger charge is -2.52. The zero-order valence-electron chi connectivity index (χ0n) is 59.9. The molecule has 15 unspecified atom stereocenters. The van der Waals surface area contributed by atoms with Crippen LogP contribution in [0.1, 0.15) is 196 Å². The number of ether oxygens (including phenoxy) is 12. The number of rotatable bonds is 14. The normalized spacial score (nSPS) is 33.6. The Morgan fingerprint density at radius 1 is 0.515 bits per heavy atom. The Morgan fingerprint density at radius 3 is 1.56 bits per heavy atom. The number of fused-ring (bicyclic) bond motifs is 5. The molecular weight excluding hydrogens is 1250 g/mol. The lowest BCUT2D eigenvalue weighted by Crippen LogP contribution is -2.56. The van der Waals surface area contributed by atoms with Gasteiger partial charge in [0.05, 0.1) is 102 Å². The van der Waals surface area contributed by atoms with E-state index in [-0.39, 0.29) is 75.9 Å². The van der Waals surface area contributed by atoms with Crippen molar-refractivity contribution >= 4 is 35.8 Å². The van der Waals surface area contributed by atoms with Crippen LogP contribution in [0.5, 0.6) is 0 Å². The topological polar surface area (TPSA) is 280 Å². The van der Waals surface area contributed by atoms with Crippen LogP contribution in [0, 0.1) is 51.8 Å². The van der Waals surface area contributed by atoms with Gasteiger partial charge in [-0.05, 0) is 193 Å². The Kier molecular flexibility index (Phi) is 29.6. The number of hydrogen-bond donors (Lipinski definition) is 3. The number of aliphatic hydroxyl groups excluding tert-OH is 3. The maximum absolute atomic E-state index is 11.5. The van der Waals surface area contributed by atoms with Crippen molar-refractivity contribution in [3.05, 3.63) is 60.8 Å². The summed E-state index contributed by atoms with van der Waals surface area (Å²) in [6.45, 7) is 36.2. The highest BCUT2D eigenvalue weighted by Gasteiger charge is 2.64. The van der Waals surface area contributed by atoms with Crippen molar-refractivity contribution in [3.8, 4) is 0 Å². The summed E-state index contributed by atoms with van der Waals surface area (Å²) in [5.74, 6) is 0.609. The molecule has 5 heterocycles.